The quantitative estimate of drug-likeness (QED) is 0.641. The molecule has 2 aromatic carbocycles. The van der Waals surface area contributed by atoms with E-state index in [9.17, 15) is 4.39 Å². The molecule has 0 amide bonds. The summed E-state index contributed by atoms with van der Waals surface area (Å²) in [5, 5.41) is 0. The van der Waals surface area contributed by atoms with Gasteiger partial charge >= 0.3 is 0 Å². The summed E-state index contributed by atoms with van der Waals surface area (Å²) >= 11 is 0. The lowest BCUT2D eigenvalue weighted by atomic mass is 9.96. The fraction of sp³-hybridized carbons (Fsp3) is 0.200. The first kappa shape index (κ1) is 12.7. The molecular weight excluding hydrogens is 227 g/mol. The number of hydrazine groups is 1. The molecule has 3 N–H and O–H groups in total. The van der Waals surface area contributed by atoms with Crippen LogP contribution in [0, 0.1) is 12.7 Å². The minimum Gasteiger partial charge on any atom is -0.271 e. The number of nitrogens with one attached hydrogen (secondary N) is 1. The van der Waals surface area contributed by atoms with Gasteiger partial charge in [-0.05, 0) is 42.2 Å². The number of benzene rings is 2. The highest BCUT2D eigenvalue weighted by atomic mass is 19.1. The van der Waals surface area contributed by atoms with E-state index in [1.165, 1.54) is 6.07 Å². The highest BCUT2D eigenvalue weighted by molar-refractivity contribution is 5.29. The van der Waals surface area contributed by atoms with Crippen molar-refractivity contribution < 1.29 is 4.39 Å². The highest BCUT2D eigenvalue weighted by Crippen LogP contribution is 2.20. The van der Waals surface area contributed by atoms with Crippen molar-refractivity contribution in [3.8, 4) is 0 Å². The second-order valence-electron chi connectivity index (χ2n) is 4.40. The summed E-state index contributed by atoms with van der Waals surface area (Å²) in [5.74, 6) is 5.39. The van der Waals surface area contributed by atoms with Gasteiger partial charge < -0.3 is 0 Å². The van der Waals surface area contributed by atoms with E-state index in [0.29, 0.717) is 6.42 Å². The van der Waals surface area contributed by atoms with Crippen LogP contribution in [0.15, 0.2) is 48.5 Å². The van der Waals surface area contributed by atoms with Crippen molar-refractivity contribution in [2.45, 2.75) is 19.4 Å². The van der Waals surface area contributed by atoms with Crippen molar-refractivity contribution in [2.24, 2.45) is 5.84 Å². The molecule has 94 valence electrons. The van der Waals surface area contributed by atoms with Gasteiger partial charge in [0.05, 0.1) is 0 Å². The second kappa shape index (κ2) is 5.76. The van der Waals surface area contributed by atoms with Gasteiger partial charge in [0.15, 0.2) is 0 Å². The number of halogens is 1. The molecule has 0 aliphatic rings. The Kier molecular flexibility index (Phi) is 4.07. The molecule has 1 atom stereocenters. The van der Waals surface area contributed by atoms with Gasteiger partial charge in [-0.25, -0.2) is 4.39 Å². The van der Waals surface area contributed by atoms with E-state index >= 15 is 0 Å². The topological polar surface area (TPSA) is 38.0 Å². The van der Waals surface area contributed by atoms with Crippen LogP contribution in [-0.4, -0.2) is 0 Å². The van der Waals surface area contributed by atoms with Crippen molar-refractivity contribution in [3.63, 3.8) is 0 Å². The average Bonchev–Trinajstić information content (AvgIpc) is 2.41. The Labute approximate surface area is 107 Å². The van der Waals surface area contributed by atoms with Gasteiger partial charge in [0.2, 0.25) is 0 Å². The maximum Gasteiger partial charge on any atom is 0.123 e. The van der Waals surface area contributed by atoms with Crippen molar-refractivity contribution in [3.05, 3.63) is 71.0 Å². The third-order valence-corrected chi connectivity index (χ3v) is 3.14. The Morgan fingerprint density at radius 3 is 2.56 bits per heavy atom. The van der Waals surface area contributed by atoms with Gasteiger partial charge in [-0.3, -0.25) is 11.3 Å². The summed E-state index contributed by atoms with van der Waals surface area (Å²) < 4.78 is 13.3. The van der Waals surface area contributed by atoms with E-state index in [1.807, 2.05) is 37.3 Å². The molecule has 0 saturated heterocycles. The van der Waals surface area contributed by atoms with Crippen molar-refractivity contribution in [1.29, 1.82) is 0 Å². The van der Waals surface area contributed by atoms with Crippen molar-refractivity contribution in [2.75, 3.05) is 0 Å². The minimum atomic E-state index is -0.209. The van der Waals surface area contributed by atoms with E-state index in [2.05, 4.69) is 5.43 Å². The summed E-state index contributed by atoms with van der Waals surface area (Å²) in [4.78, 5) is 0. The normalized spacial score (nSPS) is 12.4. The third kappa shape index (κ3) is 2.94. The average molecular weight is 244 g/mol. The van der Waals surface area contributed by atoms with E-state index < -0.39 is 0 Å². The molecule has 2 aromatic rings. The van der Waals surface area contributed by atoms with Gasteiger partial charge in [-0.1, -0.05) is 36.4 Å². The van der Waals surface area contributed by atoms with Crippen molar-refractivity contribution >= 4 is 0 Å². The lowest BCUT2D eigenvalue weighted by Crippen LogP contribution is -2.29. The first-order valence-electron chi connectivity index (χ1n) is 5.97. The first-order valence-corrected chi connectivity index (χ1v) is 5.97. The molecule has 0 spiro atoms. The fourth-order valence-corrected chi connectivity index (χ4v) is 2.04. The van der Waals surface area contributed by atoms with Crippen LogP contribution in [0.2, 0.25) is 0 Å². The largest absolute Gasteiger partial charge is 0.271 e. The Morgan fingerprint density at radius 2 is 1.89 bits per heavy atom. The van der Waals surface area contributed by atoms with Crippen molar-refractivity contribution in [1.82, 2.24) is 5.43 Å². The van der Waals surface area contributed by atoms with Gasteiger partial charge in [-0.15, -0.1) is 0 Å². The van der Waals surface area contributed by atoms with Crippen LogP contribution in [0.1, 0.15) is 22.7 Å². The molecule has 2 rings (SSSR count). The number of nitrogens with two attached hydrogens (primary N) is 1. The molecule has 2 nitrogen and oxygen atoms in total. The highest BCUT2D eigenvalue weighted by Gasteiger charge is 2.12. The van der Waals surface area contributed by atoms with Crippen LogP contribution in [0.25, 0.3) is 0 Å². The smallest absolute Gasteiger partial charge is 0.123 e. The number of hydrogen-bond donors (Lipinski definition) is 2. The van der Waals surface area contributed by atoms with Gasteiger partial charge in [0.25, 0.3) is 0 Å². The number of rotatable bonds is 4. The summed E-state index contributed by atoms with van der Waals surface area (Å²) in [6.07, 6.45) is 0.671. The summed E-state index contributed by atoms with van der Waals surface area (Å²) in [6.45, 7) is 1.98. The predicted molar refractivity (Wildman–Crippen MR) is 71.3 cm³/mol. The molecule has 0 fully saturated rings. The Bertz CT molecular complexity index is 511. The second-order valence-corrected chi connectivity index (χ2v) is 4.40. The monoisotopic (exact) mass is 244 g/mol. The maximum atomic E-state index is 13.3. The number of hydrogen-bond acceptors (Lipinski definition) is 2. The molecule has 0 aliphatic carbocycles. The molecule has 0 saturated carbocycles. The summed E-state index contributed by atoms with van der Waals surface area (Å²) in [6, 6.07) is 14.8. The molecular formula is C15H17FN2. The van der Waals surface area contributed by atoms with E-state index in [-0.39, 0.29) is 11.9 Å². The zero-order chi connectivity index (χ0) is 13.0. The Hall–Kier alpha value is -1.71. The van der Waals surface area contributed by atoms with Crippen LogP contribution in [0.4, 0.5) is 4.39 Å². The van der Waals surface area contributed by atoms with Crippen LogP contribution < -0.4 is 11.3 Å². The van der Waals surface area contributed by atoms with E-state index in [1.54, 1.807) is 12.1 Å². The third-order valence-electron chi connectivity index (χ3n) is 3.14. The lowest BCUT2D eigenvalue weighted by molar-refractivity contribution is 0.547. The maximum absolute atomic E-state index is 13.3. The predicted octanol–water partition coefficient (Wildman–Crippen LogP) is 2.88. The molecule has 18 heavy (non-hydrogen) atoms. The van der Waals surface area contributed by atoms with Crippen LogP contribution in [0.3, 0.4) is 0 Å². The first-order chi connectivity index (χ1) is 8.70. The van der Waals surface area contributed by atoms with Crippen LogP contribution in [0.5, 0.6) is 0 Å². The molecule has 0 radical (unpaired) electrons. The van der Waals surface area contributed by atoms with Gasteiger partial charge in [0.1, 0.15) is 5.82 Å². The fourth-order valence-electron chi connectivity index (χ4n) is 2.04. The lowest BCUT2D eigenvalue weighted by Gasteiger charge is -2.17. The standard InChI is InChI=1S/C15H17FN2/c1-11-7-8-14(16)9-13(11)10-15(18-17)12-5-3-2-4-6-12/h2-9,15,18H,10,17H2,1H3. The molecule has 1 unspecified atom stereocenters. The summed E-state index contributed by atoms with van der Waals surface area (Å²) in [7, 11) is 0. The Morgan fingerprint density at radius 1 is 1.17 bits per heavy atom. The molecule has 0 aliphatic heterocycles. The zero-order valence-corrected chi connectivity index (χ0v) is 10.4. The van der Waals surface area contributed by atoms with E-state index in [0.717, 1.165) is 16.7 Å². The molecule has 0 bridgehead atoms. The molecule has 0 heterocycles. The minimum absolute atomic E-state index is 0.00769. The molecule has 0 aromatic heterocycles. The van der Waals surface area contributed by atoms with Crippen LogP contribution in [-0.2, 0) is 6.42 Å². The molecule has 3 heteroatoms. The Balaban J connectivity index is 2.23. The van der Waals surface area contributed by atoms with Gasteiger partial charge in [0, 0.05) is 6.04 Å². The summed E-state index contributed by atoms with van der Waals surface area (Å²) in [5.41, 5.74) is 5.94. The van der Waals surface area contributed by atoms with E-state index in [4.69, 9.17) is 5.84 Å². The number of aryl methyl sites for hydroxylation is 1. The SMILES string of the molecule is Cc1ccc(F)cc1CC(NN)c1ccccc1. The van der Waals surface area contributed by atoms with Gasteiger partial charge in [-0.2, -0.15) is 0 Å². The zero-order valence-electron chi connectivity index (χ0n) is 10.4. The van der Waals surface area contributed by atoms with Crippen LogP contribution >= 0.6 is 0 Å².